The number of nitrogens with one attached hydrogen (secondary N) is 2. The first-order chi connectivity index (χ1) is 9.92. The molecular weight excluding hydrogens is 270 g/mol. The van der Waals surface area contributed by atoms with E-state index < -0.39 is 0 Å². The fraction of sp³-hybridized carbons (Fsp3) is 0.188. The summed E-state index contributed by atoms with van der Waals surface area (Å²) in [6.07, 6.45) is 8.58. The number of H-pyrrole nitrogens is 1. The van der Waals surface area contributed by atoms with Gasteiger partial charge in [-0.05, 0) is 24.1 Å². The van der Waals surface area contributed by atoms with Crippen LogP contribution in [0.4, 0.5) is 0 Å². The van der Waals surface area contributed by atoms with Crippen LogP contribution in [0, 0.1) is 0 Å². The fourth-order valence-electron chi connectivity index (χ4n) is 2.00. The Balaban J connectivity index is 0.000000704. The van der Waals surface area contributed by atoms with E-state index >= 15 is 0 Å². The van der Waals surface area contributed by atoms with Crippen molar-refractivity contribution in [3.05, 3.63) is 70.8 Å². The molecule has 1 aliphatic heterocycles. The maximum Gasteiger partial charge on any atom is 0.139 e. The third-order valence-electron chi connectivity index (χ3n) is 2.95. The Morgan fingerprint density at radius 3 is 2.75 bits per heavy atom. The standard InChI is InChI=1S/C15H15N3.CH3Cl/c1-2-5-12(6-3-1)11-17-14-8-4-7-13-9-10-16-15(13)18-14;1-2/h1-3,5-10,17H,4,11H2,(H,16,18);1H3. The van der Waals surface area contributed by atoms with E-state index in [2.05, 4.69) is 51.2 Å². The molecule has 3 nitrogen and oxygen atoms in total. The lowest BCUT2D eigenvalue weighted by atomic mass is 10.2. The Morgan fingerprint density at radius 2 is 1.95 bits per heavy atom. The van der Waals surface area contributed by atoms with E-state index in [4.69, 9.17) is 0 Å². The van der Waals surface area contributed by atoms with E-state index in [0.717, 1.165) is 24.3 Å². The van der Waals surface area contributed by atoms with Gasteiger partial charge >= 0.3 is 0 Å². The number of hydrogen-bond acceptors (Lipinski definition) is 2. The molecule has 0 fully saturated rings. The van der Waals surface area contributed by atoms with Gasteiger partial charge in [0.05, 0.1) is 0 Å². The molecule has 104 valence electrons. The summed E-state index contributed by atoms with van der Waals surface area (Å²) in [5.74, 6) is 0.927. The lowest BCUT2D eigenvalue weighted by Crippen LogP contribution is -2.23. The Morgan fingerprint density at radius 1 is 1.15 bits per heavy atom. The minimum absolute atomic E-state index is 0.798. The van der Waals surface area contributed by atoms with Gasteiger partial charge in [-0.1, -0.05) is 36.4 Å². The Labute approximate surface area is 123 Å². The lowest BCUT2D eigenvalue weighted by molar-refractivity contribution is 0.785. The summed E-state index contributed by atoms with van der Waals surface area (Å²) in [5, 5.41) is 4.53. The topological polar surface area (TPSA) is 40.2 Å². The number of aromatic nitrogens is 1. The highest BCUT2D eigenvalue weighted by Crippen LogP contribution is 2.02. The molecule has 0 aliphatic carbocycles. The monoisotopic (exact) mass is 287 g/mol. The predicted octanol–water partition coefficient (Wildman–Crippen LogP) is 2.30. The molecule has 0 saturated heterocycles. The summed E-state index contributed by atoms with van der Waals surface area (Å²) in [5.41, 5.74) is 2.19. The third-order valence-corrected chi connectivity index (χ3v) is 2.95. The molecule has 0 bridgehead atoms. The number of alkyl halides is 1. The number of rotatable bonds is 3. The van der Waals surface area contributed by atoms with Crippen LogP contribution in [0.15, 0.2) is 59.5 Å². The highest BCUT2D eigenvalue weighted by atomic mass is 35.5. The van der Waals surface area contributed by atoms with Gasteiger partial charge in [0.15, 0.2) is 0 Å². The average molecular weight is 288 g/mol. The van der Waals surface area contributed by atoms with Gasteiger partial charge in [0.25, 0.3) is 0 Å². The summed E-state index contributed by atoms with van der Waals surface area (Å²) in [6, 6.07) is 12.4. The van der Waals surface area contributed by atoms with Gasteiger partial charge < -0.3 is 10.3 Å². The maximum atomic E-state index is 4.64. The van der Waals surface area contributed by atoms with Crippen molar-refractivity contribution in [1.82, 2.24) is 10.3 Å². The zero-order valence-corrected chi connectivity index (χ0v) is 12.2. The van der Waals surface area contributed by atoms with E-state index in [1.807, 2.05) is 30.5 Å². The Kier molecular flexibility index (Phi) is 5.44. The van der Waals surface area contributed by atoms with Crippen molar-refractivity contribution >= 4 is 17.7 Å². The van der Waals surface area contributed by atoms with Gasteiger partial charge in [-0.15, -0.1) is 11.6 Å². The molecule has 1 aromatic heterocycles. The van der Waals surface area contributed by atoms with Crippen molar-refractivity contribution in [3.8, 4) is 0 Å². The Bertz CT molecular complexity index is 671. The minimum Gasteiger partial charge on any atom is -0.366 e. The van der Waals surface area contributed by atoms with Gasteiger partial charge in [-0.3, -0.25) is 0 Å². The van der Waals surface area contributed by atoms with Gasteiger partial charge in [0, 0.05) is 24.3 Å². The number of allylic oxidation sites excluding steroid dienone is 1. The molecule has 0 saturated carbocycles. The van der Waals surface area contributed by atoms with Crippen molar-refractivity contribution in [2.24, 2.45) is 4.99 Å². The summed E-state index contributed by atoms with van der Waals surface area (Å²) in [7, 11) is 0. The molecule has 20 heavy (non-hydrogen) atoms. The third kappa shape index (κ3) is 3.75. The van der Waals surface area contributed by atoms with E-state index in [9.17, 15) is 0 Å². The van der Waals surface area contributed by atoms with E-state index in [0.29, 0.717) is 0 Å². The molecule has 0 amide bonds. The van der Waals surface area contributed by atoms with Crippen LogP contribution in [-0.2, 0) is 6.54 Å². The molecule has 2 heterocycles. The first kappa shape index (κ1) is 14.4. The van der Waals surface area contributed by atoms with Crippen LogP contribution in [0.5, 0.6) is 0 Å². The van der Waals surface area contributed by atoms with Crippen LogP contribution in [0.1, 0.15) is 12.0 Å². The highest BCUT2D eigenvalue weighted by Gasteiger charge is 1.99. The molecule has 0 atom stereocenters. The first-order valence-electron chi connectivity index (χ1n) is 6.50. The SMILES string of the molecule is C1=C(NCc2ccccc2)N=c2[nH]ccc2=CC1.CCl. The van der Waals surface area contributed by atoms with Gasteiger partial charge in [0.1, 0.15) is 11.3 Å². The normalized spacial score (nSPS) is 12.6. The van der Waals surface area contributed by atoms with E-state index in [1.54, 1.807) is 0 Å². The number of nitrogens with zero attached hydrogens (tertiary/aromatic N) is 1. The predicted molar refractivity (Wildman–Crippen MR) is 83.8 cm³/mol. The Hall–Kier alpha value is -2.00. The first-order valence-corrected chi connectivity index (χ1v) is 7.25. The van der Waals surface area contributed by atoms with Crippen LogP contribution in [0.2, 0.25) is 0 Å². The molecular formula is C16H18ClN3. The average Bonchev–Trinajstić information content (AvgIpc) is 2.86. The molecule has 3 rings (SSSR count). The van der Waals surface area contributed by atoms with Crippen LogP contribution < -0.4 is 16.0 Å². The van der Waals surface area contributed by atoms with Crippen LogP contribution in [-0.4, -0.2) is 11.4 Å². The summed E-state index contributed by atoms with van der Waals surface area (Å²) in [4.78, 5) is 7.72. The second kappa shape index (κ2) is 7.56. The van der Waals surface area contributed by atoms with Crippen LogP contribution in [0.25, 0.3) is 6.08 Å². The minimum atomic E-state index is 0.798. The quantitative estimate of drug-likeness (QED) is 0.836. The molecule has 0 radical (unpaired) electrons. The second-order valence-electron chi connectivity index (χ2n) is 4.26. The number of halogens is 1. The molecule has 0 spiro atoms. The van der Waals surface area contributed by atoms with Crippen molar-refractivity contribution in [3.63, 3.8) is 0 Å². The second-order valence-corrected chi connectivity index (χ2v) is 4.26. The zero-order chi connectivity index (χ0) is 14.2. The summed E-state index contributed by atoms with van der Waals surface area (Å²) in [6.45, 7) is 0.798. The van der Waals surface area contributed by atoms with Gasteiger partial charge in [-0.2, -0.15) is 0 Å². The maximum absolute atomic E-state index is 4.64. The van der Waals surface area contributed by atoms with Crippen LogP contribution in [0.3, 0.4) is 0 Å². The van der Waals surface area contributed by atoms with Crippen molar-refractivity contribution in [2.75, 3.05) is 6.38 Å². The number of aromatic amines is 1. The van der Waals surface area contributed by atoms with Crippen molar-refractivity contribution in [1.29, 1.82) is 0 Å². The highest BCUT2D eigenvalue weighted by molar-refractivity contribution is 6.15. The van der Waals surface area contributed by atoms with Crippen molar-refractivity contribution < 1.29 is 0 Å². The molecule has 2 aromatic rings. The molecule has 1 aliphatic rings. The number of hydrogen-bond donors (Lipinski definition) is 2. The van der Waals surface area contributed by atoms with E-state index in [-0.39, 0.29) is 0 Å². The lowest BCUT2D eigenvalue weighted by Gasteiger charge is -2.05. The smallest absolute Gasteiger partial charge is 0.139 e. The van der Waals surface area contributed by atoms with Crippen molar-refractivity contribution in [2.45, 2.75) is 13.0 Å². The summed E-state index contributed by atoms with van der Waals surface area (Å²) < 4.78 is 0. The van der Waals surface area contributed by atoms with Crippen LogP contribution >= 0.6 is 11.6 Å². The zero-order valence-electron chi connectivity index (χ0n) is 11.4. The summed E-state index contributed by atoms with van der Waals surface area (Å²) >= 11 is 4.64. The molecule has 4 heteroatoms. The van der Waals surface area contributed by atoms with E-state index in [1.165, 1.54) is 17.2 Å². The number of fused-ring (bicyclic) bond motifs is 1. The molecule has 1 aromatic carbocycles. The largest absolute Gasteiger partial charge is 0.366 e. The molecule has 2 N–H and O–H groups in total. The molecule has 0 unspecified atom stereocenters. The number of benzene rings is 1. The fourth-order valence-corrected chi connectivity index (χ4v) is 2.00. The van der Waals surface area contributed by atoms with Gasteiger partial charge in [0.2, 0.25) is 0 Å². The van der Waals surface area contributed by atoms with Gasteiger partial charge in [-0.25, -0.2) is 4.99 Å².